The van der Waals surface area contributed by atoms with Crippen LogP contribution in [-0.4, -0.2) is 16.8 Å². The van der Waals surface area contributed by atoms with Crippen LogP contribution in [0.5, 0.6) is 0 Å². The van der Waals surface area contributed by atoms with E-state index in [2.05, 4.69) is 15.8 Å². The van der Waals surface area contributed by atoms with Crippen LogP contribution in [0.3, 0.4) is 0 Å². The molecule has 0 bridgehead atoms. The quantitative estimate of drug-likeness (QED) is 0.717. The molecule has 1 aliphatic rings. The molecule has 2 aromatic rings. The number of carbonyl (C=O) groups excluding carboxylic acids is 2. The smallest absolute Gasteiger partial charge is 0.271 e. The molecule has 0 atom stereocenters. The fourth-order valence-corrected chi connectivity index (χ4v) is 2.22. The lowest BCUT2D eigenvalue weighted by Gasteiger charge is -2.23. The molecule has 1 aromatic heterocycles. The third kappa shape index (κ3) is 2.19. The Bertz CT molecular complexity index is 628. The van der Waals surface area contributed by atoms with Gasteiger partial charge in [0.25, 0.3) is 5.91 Å². The summed E-state index contributed by atoms with van der Waals surface area (Å²) >= 11 is 0. The number of carbonyl (C=O) groups is 2. The van der Waals surface area contributed by atoms with Gasteiger partial charge in [-0.2, -0.15) is 0 Å². The molecule has 3 rings (SSSR count). The molecular formula is C14H15N3O2. The van der Waals surface area contributed by atoms with Crippen LogP contribution in [0.15, 0.2) is 30.5 Å². The van der Waals surface area contributed by atoms with E-state index in [4.69, 9.17) is 0 Å². The number of aromatic nitrogens is 1. The standard InChI is InChI=1S/C14H15N3O2/c18-13(9-4-3-5-9)16-17-14(19)11-8-15-12-7-2-1-6-10(11)12/h1-2,6-9,15H,3-5H2,(H,16,18)(H,17,19). The van der Waals surface area contributed by atoms with Crippen LogP contribution < -0.4 is 10.9 Å². The summed E-state index contributed by atoms with van der Waals surface area (Å²) in [6, 6.07) is 7.55. The van der Waals surface area contributed by atoms with Crippen LogP contribution in [0.25, 0.3) is 10.9 Å². The first-order chi connectivity index (χ1) is 9.25. The number of hydrogen-bond acceptors (Lipinski definition) is 2. The molecule has 1 aliphatic carbocycles. The molecule has 1 heterocycles. The van der Waals surface area contributed by atoms with Crippen LogP contribution in [0, 0.1) is 5.92 Å². The number of aromatic amines is 1. The van der Waals surface area contributed by atoms with E-state index in [0.29, 0.717) is 5.56 Å². The topological polar surface area (TPSA) is 74.0 Å². The maximum atomic E-state index is 12.0. The van der Waals surface area contributed by atoms with Crippen molar-refractivity contribution < 1.29 is 9.59 Å². The van der Waals surface area contributed by atoms with E-state index in [1.54, 1.807) is 6.20 Å². The summed E-state index contributed by atoms with van der Waals surface area (Å²) in [5.74, 6) is -0.340. The van der Waals surface area contributed by atoms with Crippen molar-refractivity contribution in [3.05, 3.63) is 36.0 Å². The zero-order valence-corrected chi connectivity index (χ0v) is 10.4. The number of fused-ring (bicyclic) bond motifs is 1. The van der Waals surface area contributed by atoms with Gasteiger partial charge in [-0.3, -0.25) is 20.4 Å². The Morgan fingerprint density at radius 3 is 2.68 bits per heavy atom. The summed E-state index contributed by atoms with van der Waals surface area (Å²) in [6.07, 6.45) is 4.56. The van der Waals surface area contributed by atoms with Gasteiger partial charge in [-0.1, -0.05) is 24.6 Å². The minimum atomic E-state index is -0.301. The van der Waals surface area contributed by atoms with Gasteiger partial charge in [0.2, 0.25) is 5.91 Å². The summed E-state index contributed by atoms with van der Waals surface area (Å²) in [6.45, 7) is 0. The monoisotopic (exact) mass is 257 g/mol. The van der Waals surface area contributed by atoms with Gasteiger partial charge in [0.1, 0.15) is 0 Å². The minimum absolute atomic E-state index is 0.0586. The number of amides is 2. The summed E-state index contributed by atoms with van der Waals surface area (Å²) in [7, 11) is 0. The third-order valence-corrected chi connectivity index (χ3v) is 3.61. The number of H-pyrrole nitrogens is 1. The van der Waals surface area contributed by atoms with Crippen LogP contribution in [-0.2, 0) is 4.79 Å². The molecule has 5 nitrogen and oxygen atoms in total. The lowest BCUT2D eigenvalue weighted by atomic mass is 9.85. The highest BCUT2D eigenvalue weighted by Crippen LogP contribution is 2.25. The number of benzene rings is 1. The molecule has 2 amide bonds. The molecule has 1 aromatic carbocycles. The van der Waals surface area contributed by atoms with Crippen LogP contribution in [0.4, 0.5) is 0 Å². The van der Waals surface area contributed by atoms with Crippen LogP contribution in [0.2, 0.25) is 0 Å². The van der Waals surface area contributed by atoms with Crippen LogP contribution in [0.1, 0.15) is 29.6 Å². The molecule has 98 valence electrons. The number of rotatable bonds is 2. The molecule has 1 saturated carbocycles. The first-order valence-electron chi connectivity index (χ1n) is 6.42. The molecule has 0 radical (unpaired) electrons. The Labute approximate surface area is 110 Å². The average Bonchev–Trinajstić information content (AvgIpc) is 2.77. The molecule has 1 fully saturated rings. The highest BCUT2D eigenvalue weighted by atomic mass is 16.2. The molecule has 19 heavy (non-hydrogen) atoms. The number of para-hydroxylation sites is 1. The SMILES string of the molecule is O=C(NNC(=O)C1CCC1)c1c[nH]c2ccccc12. The molecule has 0 aliphatic heterocycles. The third-order valence-electron chi connectivity index (χ3n) is 3.61. The molecule has 0 spiro atoms. The largest absolute Gasteiger partial charge is 0.360 e. The van der Waals surface area contributed by atoms with Crippen molar-refractivity contribution in [2.45, 2.75) is 19.3 Å². The maximum absolute atomic E-state index is 12.0. The van der Waals surface area contributed by atoms with E-state index in [1.807, 2.05) is 24.3 Å². The molecule has 3 N–H and O–H groups in total. The summed E-state index contributed by atoms with van der Waals surface area (Å²) in [5.41, 5.74) is 6.39. The second kappa shape index (κ2) is 4.76. The minimum Gasteiger partial charge on any atom is -0.360 e. The summed E-state index contributed by atoms with van der Waals surface area (Å²) < 4.78 is 0. The van der Waals surface area contributed by atoms with E-state index in [9.17, 15) is 9.59 Å². The second-order valence-corrected chi connectivity index (χ2v) is 4.82. The van der Waals surface area contributed by atoms with Crippen LogP contribution >= 0.6 is 0 Å². The van der Waals surface area contributed by atoms with E-state index >= 15 is 0 Å². The number of nitrogens with one attached hydrogen (secondary N) is 3. The summed E-state index contributed by atoms with van der Waals surface area (Å²) in [4.78, 5) is 26.7. The Balaban J connectivity index is 1.68. The van der Waals surface area contributed by atoms with Crippen molar-refractivity contribution in [1.82, 2.24) is 15.8 Å². The van der Waals surface area contributed by atoms with Gasteiger partial charge in [0.15, 0.2) is 0 Å². The first-order valence-corrected chi connectivity index (χ1v) is 6.42. The van der Waals surface area contributed by atoms with Crippen molar-refractivity contribution in [2.75, 3.05) is 0 Å². The second-order valence-electron chi connectivity index (χ2n) is 4.82. The molecule has 0 saturated heterocycles. The molecule has 5 heteroatoms. The summed E-state index contributed by atoms with van der Waals surface area (Å²) in [5, 5.41) is 0.845. The van der Waals surface area contributed by atoms with E-state index in [1.165, 1.54) is 0 Å². The predicted molar refractivity (Wildman–Crippen MR) is 71.2 cm³/mol. The number of hydrazine groups is 1. The fraction of sp³-hybridized carbons (Fsp3) is 0.286. The zero-order chi connectivity index (χ0) is 13.2. The van der Waals surface area contributed by atoms with Gasteiger partial charge < -0.3 is 4.98 Å². The predicted octanol–water partition coefficient (Wildman–Crippen LogP) is 1.73. The van der Waals surface area contributed by atoms with Crippen molar-refractivity contribution in [2.24, 2.45) is 5.92 Å². The van der Waals surface area contributed by atoms with Gasteiger partial charge in [-0.15, -0.1) is 0 Å². The Morgan fingerprint density at radius 2 is 1.95 bits per heavy atom. The highest BCUT2D eigenvalue weighted by Gasteiger charge is 2.25. The van der Waals surface area contributed by atoms with E-state index in [-0.39, 0.29) is 17.7 Å². The van der Waals surface area contributed by atoms with Gasteiger partial charge in [-0.05, 0) is 18.9 Å². The number of hydrogen-bond donors (Lipinski definition) is 3. The Hall–Kier alpha value is -2.30. The highest BCUT2D eigenvalue weighted by molar-refractivity contribution is 6.07. The lowest BCUT2D eigenvalue weighted by Crippen LogP contribution is -2.45. The van der Waals surface area contributed by atoms with Gasteiger partial charge in [0.05, 0.1) is 5.56 Å². The molecule has 0 unspecified atom stereocenters. The van der Waals surface area contributed by atoms with Gasteiger partial charge >= 0.3 is 0 Å². The van der Waals surface area contributed by atoms with Crippen molar-refractivity contribution in [3.63, 3.8) is 0 Å². The normalized spacial score (nSPS) is 14.9. The zero-order valence-electron chi connectivity index (χ0n) is 10.4. The lowest BCUT2D eigenvalue weighted by molar-refractivity contribution is -0.128. The fourth-order valence-electron chi connectivity index (χ4n) is 2.22. The average molecular weight is 257 g/mol. The van der Waals surface area contributed by atoms with Crippen molar-refractivity contribution in [3.8, 4) is 0 Å². The Kier molecular flexibility index (Phi) is 2.95. The van der Waals surface area contributed by atoms with E-state index in [0.717, 1.165) is 30.2 Å². The molecular weight excluding hydrogens is 242 g/mol. The van der Waals surface area contributed by atoms with Crippen molar-refractivity contribution >= 4 is 22.7 Å². The first kappa shape index (κ1) is 11.8. The van der Waals surface area contributed by atoms with Gasteiger partial charge in [0, 0.05) is 23.0 Å². The van der Waals surface area contributed by atoms with Gasteiger partial charge in [-0.25, -0.2) is 0 Å². The maximum Gasteiger partial charge on any atom is 0.271 e. The van der Waals surface area contributed by atoms with E-state index < -0.39 is 0 Å². The van der Waals surface area contributed by atoms with Crippen molar-refractivity contribution in [1.29, 1.82) is 0 Å². The Morgan fingerprint density at radius 1 is 1.16 bits per heavy atom.